The fourth-order valence-corrected chi connectivity index (χ4v) is 5.58. The number of H-pyrrole nitrogens is 1. The maximum Gasteiger partial charge on any atom is 0.275 e. The standard InChI is InChI=1S/C25H24N8O2S/c1-15-8-9-21-20(12-15)27-28-24-29-30-25(33(21)24)36-14-23(35)32-11-5-10-31(32)22(34)13-18-16(2)26-19-7-4-3-6-17(18)19/h3-4,6-9,12,26H,5,10-11,13-14H2,1-2H3. The topological polar surface area (TPSA) is 112 Å². The summed E-state index contributed by atoms with van der Waals surface area (Å²) in [7, 11) is 0. The Morgan fingerprint density at radius 3 is 2.61 bits per heavy atom. The van der Waals surface area contributed by atoms with Crippen LogP contribution < -0.4 is 0 Å². The van der Waals surface area contributed by atoms with Gasteiger partial charge in [0.25, 0.3) is 11.7 Å². The molecule has 0 saturated carbocycles. The number of para-hydroxylation sites is 1. The van der Waals surface area contributed by atoms with Crippen molar-refractivity contribution in [3.8, 4) is 0 Å². The van der Waals surface area contributed by atoms with E-state index in [0.717, 1.165) is 45.2 Å². The summed E-state index contributed by atoms with van der Waals surface area (Å²) in [5.41, 5.74) is 5.60. The van der Waals surface area contributed by atoms with E-state index in [1.54, 1.807) is 10.0 Å². The van der Waals surface area contributed by atoms with E-state index in [0.29, 0.717) is 24.0 Å². The van der Waals surface area contributed by atoms with Gasteiger partial charge in [0.1, 0.15) is 5.52 Å². The average Bonchev–Trinajstić information content (AvgIpc) is 3.60. The van der Waals surface area contributed by atoms with Crippen molar-refractivity contribution in [2.75, 3.05) is 18.8 Å². The van der Waals surface area contributed by atoms with E-state index < -0.39 is 0 Å². The molecule has 5 aromatic rings. The van der Waals surface area contributed by atoms with Crippen molar-refractivity contribution >= 4 is 51.3 Å². The van der Waals surface area contributed by atoms with Crippen molar-refractivity contribution in [3.05, 3.63) is 59.3 Å². The quantitative estimate of drug-likeness (QED) is 0.369. The number of aromatic amines is 1. The number of hydrazine groups is 1. The number of amides is 2. The number of rotatable bonds is 5. The minimum absolute atomic E-state index is 0.0803. The van der Waals surface area contributed by atoms with Gasteiger partial charge in [-0.15, -0.1) is 20.4 Å². The van der Waals surface area contributed by atoms with Gasteiger partial charge in [-0.2, -0.15) is 0 Å². The van der Waals surface area contributed by atoms with E-state index in [1.165, 1.54) is 11.8 Å². The third-order valence-corrected chi connectivity index (χ3v) is 7.44. The molecule has 2 aromatic carbocycles. The van der Waals surface area contributed by atoms with Crippen LogP contribution in [0.3, 0.4) is 0 Å². The van der Waals surface area contributed by atoms with Gasteiger partial charge in [-0.3, -0.25) is 24.0 Å². The van der Waals surface area contributed by atoms with Gasteiger partial charge in [-0.25, -0.2) is 0 Å². The lowest BCUT2D eigenvalue weighted by molar-refractivity contribution is -0.155. The van der Waals surface area contributed by atoms with E-state index in [2.05, 4.69) is 25.4 Å². The van der Waals surface area contributed by atoms with E-state index in [4.69, 9.17) is 0 Å². The summed E-state index contributed by atoms with van der Waals surface area (Å²) in [6.07, 6.45) is 0.994. The number of carbonyl (C=O) groups is 2. The first-order valence-corrected chi connectivity index (χ1v) is 12.8. The van der Waals surface area contributed by atoms with Crippen molar-refractivity contribution < 1.29 is 9.59 Å². The van der Waals surface area contributed by atoms with Crippen molar-refractivity contribution in [3.63, 3.8) is 0 Å². The fourth-order valence-electron chi connectivity index (χ4n) is 4.77. The molecular weight excluding hydrogens is 476 g/mol. The van der Waals surface area contributed by atoms with Crippen LogP contribution in [0.25, 0.3) is 27.7 Å². The minimum atomic E-state index is -0.139. The van der Waals surface area contributed by atoms with Crippen LogP contribution in [0, 0.1) is 13.8 Å². The van der Waals surface area contributed by atoms with E-state index in [9.17, 15) is 9.59 Å². The molecule has 1 aliphatic rings. The summed E-state index contributed by atoms with van der Waals surface area (Å²) in [6.45, 7) is 5.02. The maximum atomic E-state index is 13.3. The molecule has 1 saturated heterocycles. The Labute approximate surface area is 210 Å². The molecule has 182 valence electrons. The third-order valence-electron chi connectivity index (χ3n) is 6.52. The number of nitrogens with zero attached hydrogens (tertiary/aromatic N) is 7. The fraction of sp³-hybridized carbons (Fsp3) is 0.280. The van der Waals surface area contributed by atoms with Gasteiger partial charge in [0.05, 0.1) is 17.7 Å². The average molecular weight is 501 g/mol. The number of hydrogen-bond acceptors (Lipinski definition) is 7. The highest BCUT2D eigenvalue weighted by atomic mass is 32.2. The molecule has 0 spiro atoms. The molecular formula is C25H24N8O2S. The van der Waals surface area contributed by atoms with Crippen LogP contribution in [-0.4, -0.2) is 70.5 Å². The van der Waals surface area contributed by atoms with Gasteiger partial charge in [-0.1, -0.05) is 36.0 Å². The molecule has 0 radical (unpaired) electrons. The molecule has 36 heavy (non-hydrogen) atoms. The number of thioether (sulfide) groups is 1. The zero-order chi connectivity index (χ0) is 24.8. The minimum Gasteiger partial charge on any atom is -0.358 e. The Morgan fingerprint density at radius 1 is 0.972 bits per heavy atom. The Hall–Kier alpha value is -3.99. The summed E-state index contributed by atoms with van der Waals surface area (Å²) in [6, 6.07) is 13.9. The smallest absolute Gasteiger partial charge is 0.275 e. The van der Waals surface area contributed by atoms with Crippen LogP contribution in [0.4, 0.5) is 0 Å². The van der Waals surface area contributed by atoms with E-state index in [-0.39, 0.29) is 24.0 Å². The molecule has 0 atom stereocenters. The van der Waals surface area contributed by atoms with Crippen LogP contribution >= 0.6 is 11.8 Å². The zero-order valence-electron chi connectivity index (χ0n) is 19.9. The summed E-state index contributed by atoms with van der Waals surface area (Å²) < 4.78 is 1.81. The molecule has 0 aliphatic carbocycles. The highest BCUT2D eigenvalue weighted by Crippen LogP contribution is 2.25. The predicted octanol–water partition coefficient (Wildman–Crippen LogP) is 3.08. The molecule has 4 heterocycles. The summed E-state index contributed by atoms with van der Waals surface area (Å²) in [5, 5.41) is 21.5. The highest BCUT2D eigenvalue weighted by Gasteiger charge is 2.31. The maximum absolute atomic E-state index is 13.3. The van der Waals surface area contributed by atoms with Gasteiger partial charge in [0, 0.05) is 29.7 Å². The lowest BCUT2D eigenvalue weighted by atomic mass is 10.1. The van der Waals surface area contributed by atoms with Crippen molar-refractivity contribution in [2.24, 2.45) is 0 Å². The van der Waals surface area contributed by atoms with Crippen LogP contribution in [0.1, 0.15) is 23.2 Å². The Balaban J connectivity index is 1.19. The van der Waals surface area contributed by atoms with Crippen molar-refractivity contribution in [1.29, 1.82) is 0 Å². The Bertz CT molecular complexity index is 1640. The molecule has 11 heteroatoms. The number of aromatic nitrogens is 6. The second kappa shape index (κ2) is 8.90. The molecule has 10 nitrogen and oxygen atoms in total. The van der Waals surface area contributed by atoms with Gasteiger partial charge >= 0.3 is 0 Å². The predicted molar refractivity (Wildman–Crippen MR) is 136 cm³/mol. The first-order valence-electron chi connectivity index (χ1n) is 11.8. The first kappa shape index (κ1) is 22.5. The molecule has 1 N–H and O–H groups in total. The second-order valence-corrected chi connectivity index (χ2v) is 9.88. The van der Waals surface area contributed by atoms with Crippen LogP contribution in [0.15, 0.2) is 47.6 Å². The molecule has 0 bridgehead atoms. The Morgan fingerprint density at radius 2 is 1.75 bits per heavy atom. The van der Waals surface area contributed by atoms with Gasteiger partial charge in [-0.05, 0) is 49.6 Å². The molecule has 1 fully saturated rings. The monoisotopic (exact) mass is 500 g/mol. The second-order valence-electron chi connectivity index (χ2n) is 8.94. The molecule has 1 aliphatic heterocycles. The van der Waals surface area contributed by atoms with Gasteiger partial charge < -0.3 is 4.98 Å². The molecule has 2 amide bonds. The summed E-state index contributed by atoms with van der Waals surface area (Å²) >= 11 is 1.28. The Kier molecular flexibility index (Phi) is 5.56. The summed E-state index contributed by atoms with van der Waals surface area (Å²) in [5.74, 6) is 0.295. The van der Waals surface area contributed by atoms with Gasteiger partial charge in [0.15, 0.2) is 5.16 Å². The molecule has 3 aromatic heterocycles. The zero-order valence-corrected chi connectivity index (χ0v) is 20.7. The SMILES string of the molecule is Cc1ccc2c(c1)nnc1nnc(SCC(=O)N3CCCN3C(=O)Cc3c(C)[nH]c4ccccc34)n12. The molecule has 0 unspecified atom stereocenters. The van der Waals surface area contributed by atoms with Crippen LogP contribution in [0.5, 0.6) is 0 Å². The lowest BCUT2D eigenvalue weighted by Crippen LogP contribution is -2.46. The van der Waals surface area contributed by atoms with Crippen LogP contribution in [-0.2, 0) is 16.0 Å². The van der Waals surface area contributed by atoms with Crippen molar-refractivity contribution in [2.45, 2.75) is 31.8 Å². The van der Waals surface area contributed by atoms with Gasteiger partial charge in [0.2, 0.25) is 5.91 Å². The number of nitrogens with one attached hydrogen (secondary N) is 1. The molecule has 6 rings (SSSR count). The number of aryl methyl sites for hydroxylation is 2. The number of carbonyl (C=O) groups excluding carboxylic acids is 2. The summed E-state index contributed by atoms with van der Waals surface area (Å²) in [4.78, 5) is 29.8. The normalized spacial score (nSPS) is 13.9. The largest absolute Gasteiger partial charge is 0.358 e. The number of fused-ring (bicyclic) bond motifs is 4. The lowest BCUT2D eigenvalue weighted by Gasteiger charge is -2.28. The van der Waals surface area contributed by atoms with Crippen molar-refractivity contribution in [1.82, 2.24) is 39.8 Å². The van der Waals surface area contributed by atoms with E-state index in [1.807, 2.05) is 60.7 Å². The van der Waals surface area contributed by atoms with Crippen LogP contribution in [0.2, 0.25) is 0 Å². The highest BCUT2D eigenvalue weighted by molar-refractivity contribution is 7.99. The van der Waals surface area contributed by atoms with E-state index >= 15 is 0 Å². The first-order chi connectivity index (χ1) is 17.5. The third kappa shape index (κ3) is 3.85. The number of hydrogen-bond donors (Lipinski definition) is 1. The number of benzene rings is 2.